The van der Waals surface area contributed by atoms with Crippen molar-refractivity contribution < 1.29 is 17.6 Å². The fourth-order valence-corrected chi connectivity index (χ4v) is 10.5. The van der Waals surface area contributed by atoms with Gasteiger partial charge in [-0.1, -0.05) is 0 Å². The molecule has 1 rings (SSSR count). The van der Waals surface area contributed by atoms with Crippen LogP contribution in [0.4, 0.5) is 17.6 Å². The van der Waals surface area contributed by atoms with Crippen molar-refractivity contribution in [2.24, 2.45) is 0 Å². The Morgan fingerprint density at radius 2 is 1.32 bits per heavy atom. The van der Waals surface area contributed by atoms with Crippen LogP contribution >= 0.6 is 39.8 Å². The molecule has 0 aliphatic heterocycles. The SMILES string of the molecule is CS(C)(C)[SH](C)(c1ccc(I)cc1)(C(F)F)C(F)F. The van der Waals surface area contributed by atoms with Crippen LogP contribution in [0.25, 0.3) is 0 Å². The Morgan fingerprint density at radius 1 is 0.947 bits per heavy atom. The summed E-state index contributed by atoms with van der Waals surface area (Å²) in [7, 11) is -6.80. The topological polar surface area (TPSA) is 0 Å². The maximum atomic E-state index is 13.9. The summed E-state index contributed by atoms with van der Waals surface area (Å²) in [5.74, 6) is -6.03. The highest BCUT2D eigenvalue weighted by molar-refractivity contribution is 14.1. The summed E-state index contributed by atoms with van der Waals surface area (Å²) in [5, 5.41) is 0. The molecule has 0 nitrogen and oxygen atoms in total. The van der Waals surface area contributed by atoms with Gasteiger partial charge in [0, 0.05) is 3.57 Å². The Balaban J connectivity index is 3.74. The zero-order valence-electron chi connectivity index (χ0n) is 11.2. The van der Waals surface area contributed by atoms with E-state index in [1.165, 1.54) is 12.1 Å². The van der Waals surface area contributed by atoms with Crippen LogP contribution in [0.2, 0.25) is 0 Å². The third-order valence-corrected chi connectivity index (χ3v) is 21.4. The van der Waals surface area contributed by atoms with Crippen molar-refractivity contribution in [3.8, 4) is 0 Å². The molecule has 0 radical (unpaired) electrons. The molecule has 0 bridgehead atoms. The van der Waals surface area contributed by atoms with Crippen molar-refractivity contribution in [2.45, 2.75) is 16.4 Å². The van der Waals surface area contributed by atoms with Crippen molar-refractivity contribution in [3.63, 3.8) is 0 Å². The molecule has 0 saturated carbocycles. The molecule has 1 aromatic carbocycles. The first-order valence-corrected chi connectivity index (χ1v) is 12.8. The van der Waals surface area contributed by atoms with Gasteiger partial charge in [-0.25, -0.2) is 26.6 Å². The van der Waals surface area contributed by atoms with E-state index in [0.29, 0.717) is 0 Å². The van der Waals surface area contributed by atoms with Gasteiger partial charge in [-0.05, 0) is 76.8 Å². The Labute approximate surface area is 126 Å². The number of hydrogen-bond acceptors (Lipinski definition) is 0. The number of thiol groups is 1. The Hall–Kier alpha value is 0.370. The second-order valence-corrected chi connectivity index (χ2v) is 21.0. The lowest BCUT2D eigenvalue weighted by atomic mass is 10.4. The lowest BCUT2D eigenvalue weighted by Crippen LogP contribution is -2.35. The largest absolute Gasteiger partial charge is 0.269 e. The average Bonchev–Trinajstić information content (AvgIpc) is 2.26. The van der Waals surface area contributed by atoms with E-state index in [-0.39, 0.29) is 4.90 Å². The lowest BCUT2D eigenvalue weighted by molar-refractivity contribution is 0.205. The summed E-state index contributed by atoms with van der Waals surface area (Å²) in [4.78, 5) is 0.138. The van der Waals surface area contributed by atoms with E-state index in [0.717, 1.165) is 9.83 Å². The minimum atomic E-state index is -4.64. The molecule has 114 valence electrons. The van der Waals surface area contributed by atoms with Crippen LogP contribution in [0.3, 0.4) is 0 Å². The monoisotopic (exact) mass is 430 g/mol. The number of hydrogen-bond donors (Lipinski definition) is 1. The third kappa shape index (κ3) is 2.29. The highest BCUT2D eigenvalue weighted by Gasteiger charge is 2.60. The molecular weight excluding hydrogens is 411 g/mol. The number of benzene rings is 1. The minimum Gasteiger partial charge on any atom is -0.220 e. The summed E-state index contributed by atoms with van der Waals surface area (Å²) in [6, 6.07) is 6.15. The Kier molecular flexibility index (Phi) is 4.85. The van der Waals surface area contributed by atoms with Crippen LogP contribution in [0.1, 0.15) is 0 Å². The summed E-state index contributed by atoms with van der Waals surface area (Å²) >= 11 is 2.03. The first-order valence-electron chi connectivity index (χ1n) is 5.48. The lowest BCUT2D eigenvalue weighted by Gasteiger charge is -2.68. The van der Waals surface area contributed by atoms with Gasteiger partial charge < -0.3 is 0 Å². The molecule has 0 atom stereocenters. The fraction of sp³-hybridized carbons (Fsp3) is 0.500. The molecule has 0 spiro atoms. The molecule has 0 heterocycles. The van der Waals surface area contributed by atoms with Crippen LogP contribution in [-0.4, -0.2) is 36.5 Å². The summed E-state index contributed by atoms with van der Waals surface area (Å²) < 4.78 is 56.3. The van der Waals surface area contributed by atoms with E-state index in [1.54, 1.807) is 30.9 Å². The molecule has 0 N–H and O–H groups in total. The molecule has 19 heavy (non-hydrogen) atoms. The second kappa shape index (κ2) is 5.29. The Morgan fingerprint density at radius 3 is 1.58 bits per heavy atom. The number of rotatable bonds is 4. The minimum absolute atomic E-state index is 0.138. The normalized spacial score (nSPS) is 16.5. The quantitative estimate of drug-likeness (QED) is 0.281. The van der Waals surface area contributed by atoms with E-state index in [4.69, 9.17) is 0 Å². The third-order valence-electron chi connectivity index (χ3n) is 3.91. The summed E-state index contributed by atoms with van der Waals surface area (Å²) in [6.45, 7) is 0. The molecule has 0 fully saturated rings. The predicted octanol–water partition coefficient (Wildman–Crippen LogP) is 5.41. The zero-order chi connectivity index (χ0) is 15.1. The smallest absolute Gasteiger partial charge is 0.220 e. The Bertz CT molecular complexity index is 446. The van der Waals surface area contributed by atoms with Gasteiger partial charge in [-0.15, -0.1) is 8.19 Å². The van der Waals surface area contributed by atoms with E-state index >= 15 is 0 Å². The van der Waals surface area contributed by atoms with Gasteiger partial charge in [0.05, 0.1) is 0 Å². The molecule has 7 heteroatoms. The van der Waals surface area contributed by atoms with Crippen molar-refractivity contribution >= 4 is 39.8 Å². The van der Waals surface area contributed by atoms with E-state index < -0.39 is 28.8 Å². The van der Waals surface area contributed by atoms with Crippen LogP contribution in [0.15, 0.2) is 29.2 Å². The molecule has 0 aromatic heterocycles. The molecule has 0 unspecified atom stereocenters. The van der Waals surface area contributed by atoms with Crippen LogP contribution in [-0.2, 0) is 0 Å². The van der Waals surface area contributed by atoms with Crippen LogP contribution < -0.4 is 0 Å². The first-order chi connectivity index (χ1) is 8.47. The maximum absolute atomic E-state index is 13.9. The highest BCUT2D eigenvalue weighted by Crippen LogP contribution is 2.98. The van der Waals surface area contributed by atoms with Crippen LogP contribution in [0, 0.1) is 3.57 Å². The van der Waals surface area contributed by atoms with E-state index in [9.17, 15) is 17.6 Å². The molecule has 0 saturated heterocycles. The van der Waals surface area contributed by atoms with Crippen molar-refractivity contribution in [1.82, 2.24) is 0 Å². The van der Waals surface area contributed by atoms with Gasteiger partial charge in [0.25, 0.3) is 11.5 Å². The molecular formula is C12H19F4IS2. The summed E-state index contributed by atoms with van der Waals surface area (Å²) in [6.07, 6.45) is 5.86. The highest BCUT2D eigenvalue weighted by atomic mass is 127. The van der Waals surface area contributed by atoms with Gasteiger partial charge in [0.1, 0.15) is 0 Å². The van der Waals surface area contributed by atoms with Crippen molar-refractivity contribution in [1.29, 1.82) is 0 Å². The molecule has 0 aliphatic carbocycles. The standard InChI is InChI=1S/C12H19F4IS2/c1-18(2,3)19(4,11(13)14,12(15)16)10-7-5-9(17)6-8-10/h5-8,11-12,19H,1-4H3. The summed E-state index contributed by atoms with van der Waals surface area (Å²) in [5.41, 5.74) is 0. The van der Waals surface area contributed by atoms with Gasteiger partial charge >= 0.3 is 0 Å². The first kappa shape index (κ1) is 17.4. The molecule has 0 amide bonds. The zero-order valence-corrected chi connectivity index (χ0v) is 15.1. The van der Waals surface area contributed by atoms with Gasteiger partial charge in [-0.3, -0.25) is 0 Å². The molecule has 0 aliphatic rings. The number of halogens is 5. The van der Waals surface area contributed by atoms with Gasteiger partial charge in [0.15, 0.2) is 0 Å². The van der Waals surface area contributed by atoms with Gasteiger partial charge in [-0.2, -0.15) is 0 Å². The van der Waals surface area contributed by atoms with E-state index in [1.807, 2.05) is 22.6 Å². The fourth-order valence-electron chi connectivity index (χ4n) is 1.93. The average molecular weight is 430 g/mol. The maximum Gasteiger partial charge on any atom is 0.269 e. The predicted molar refractivity (Wildman–Crippen MR) is 89.7 cm³/mol. The van der Waals surface area contributed by atoms with E-state index in [2.05, 4.69) is 0 Å². The molecule has 1 aromatic rings. The van der Waals surface area contributed by atoms with Crippen LogP contribution in [0.5, 0.6) is 0 Å². The van der Waals surface area contributed by atoms with Crippen molar-refractivity contribution in [2.75, 3.05) is 25.0 Å². The van der Waals surface area contributed by atoms with Crippen molar-refractivity contribution in [3.05, 3.63) is 27.8 Å². The number of alkyl halides is 4. The van der Waals surface area contributed by atoms with Gasteiger partial charge in [0.2, 0.25) is 0 Å². The second-order valence-electron chi connectivity index (χ2n) is 5.44.